The zero-order chi connectivity index (χ0) is 12.3. The molecule has 1 aliphatic rings. The van der Waals surface area contributed by atoms with Gasteiger partial charge in [0.05, 0.1) is 12.1 Å². The lowest BCUT2D eigenvalue weighted by molar-refractivity contribution is -0.159. The monoisotopic (exact) mass is 228 g/mol. The number of amides is 2. The Morgan fingerprint density at radius 2 is 1.88 bits per heavy atom. The van der Waals surface area contributed by atoms with Gasteiger partial charge in [0, 0.05) is 19.6 Å². The van der Waals surface area contributed by atoms with Crippen molar-refractivity contribution in [2.24, 2.45) is 0 Å². The molecule has 5 heteroatoms. The van der Waals surface area contributed by atoms with E-state index in [1.54, 1.807) is 18.7 Å². The highest BCUT2D eigenvalue weighted by molar-refractivity contribution is 6.35. The summed E-state index contributed by atoms with van der Waals surface area (Å²) in [5, 5.41) is 9.43. The fourth-order valence-electron chi connectivity index (χ4n) is 1.82. The summed E-state index contributed by atoms with van der Waals surface area (Å²) in [5.41, 5.74) is 0. The Balaban J connectivity index is 2.68. The van der Waals surface area contributed by atoms with Gasteiger partial charge in [0.15, 0.2) is 0 Å². The van der Waals surface area contributed by atoms with E-state index in [0.717, 1.165) is 6.42 Å². The van der Waals surface area contributed by atoms with Crippen LogP contribution in [0.1, 0.15) is 27.2 Å². The van der Waals surface area contributed by atoms with Gasteiger partial charge in [0.25, 0.3) is 0 Å². The van der Waals surface area contributed by atoms with Crippen molar-refractivity contribution in [3.63, 3.8) is 0 Å². The maximum atomic E-state index is 11.8. The van der Waals surface area contributed by atoms with Gasteiger partial charge in [0.2, 0.25) is 0 Å². The number of rotatable bonds is 4. The van der Waals surface area contributed by atoms with Crippen molar-refractivity contribution in [3.8, 4) is 0 Å². The van der Waals surface area contributed by atoms with Crippen LogP contribution in [0.2, 0.25) is 0 Å². The van der Waals surface area contributed by atoms with Crippen LogP contribution in [0.25, 0.3) is 0 Å². The van der Waals surface area contributed by atoms with E-state index in [-0.39, 0.29) is 6.04 Å². The van der Waals surface area contributed by atoms with Gasteiger partial charge in [-0.25, -0.2) is 0 Å². The van der Waals surface area contributed by atoms with E-state index in [0.29, 0.717) is 19.6 Å². The number of carbonyl (C=O) groups is 2. The molecule has 0 saturated carbocycles. The van der Waals surface area contributed by atoms with Crippen LogP contribution >= 0.6 is 0 Å². The van der Waals surface area contributed by atoms with Crippen LogP contribution in [-0.4, -0.2) is 58.5 Å². The standard InChI is InChI=1S/C11H20N2O3/c1-4-5-12-6-7-13(8(2)9(3)14)11(16)10(12)15/h8-9,14H,4-7H2,1-3H3. The van der Waals surface area contributed by atoms with E-state index < -0.39 is 17.9 Å². The quantitative estimate of drug-likeness (QED) is 0.680. The third-order valence-electron chi connectivity index (χ3n) is 3.03. The fraction of sp³-hybridized carbons (Fsp3) is 0.818. The molecule has 2 unspecified atom stereocenters. The maximum Gasteiger partial charge on any atom is 0.312 e. The van der Waals surface area contributed by atoms with Crippen molar-refractivity contribution < 1.29 is 14.7 Å². The molecule has 1 saturated heterocycles. The molecule has 1 rings (SSSR count). The summed E-state index contributed by atoms with van der Waals surface area (Å²) in [4.78, 5) is 26.5. The maximum absolute atomic E-state index is 11.8. The summed E-state index contributed by atoms with van der Waals surface area (Å²) >= 11 is 0. The highest BCUT2D eigenvalue weighted by Gasteiger charge is 2.35. The zero-order valence-electron chi connectivity index (χ0n) is 10.1. The van der Waals surface area contributed by atoms with E-state index in [4.69, 9.17) is 0 Å². The number of aliphatic hydroxyl groups excluding tert-OH is 1. The van der Waals surface area contributed by atoms with Gasteiger partial charge in [-0.1, -0.05) is 6.92 Å². The van der Waals surface area contributed by atoms with Crippen LogP contribution in [0.3, 0.4) is 0 Å². The molecule has 1 N–H and O–H groups in total. The van der Waals surface area contributed by atoms with Crippen molar-refractivity contribution >= 4 is 11.8 Å². The highest BCUT2D eigenvalue weighted by atomic mass is 16.3. The lowest BCUT2D eigenvalue weighted by atomic mass is 10.1. The predicted octanol–water partition coefficient (Wildman–Crippen LogP) is -0.163. The van der Waals surface area contributed by atoms with Crippen molar-refractivity contribution in [2.75, 3.05) is 19.6 Å². The SMILES string of the molecule is CCCN1CCN(C(C)C(C)O)C(=O)C1=O. The van der Waals surface area contributed by atoms with Crippen LogP contribution in [0.5, 0.6) is 0 Å². The number of nitrogens with zero attached hydrogens (tertiary/aromatic N) is 2. The van der Waals surface area contributed by atoms with Gasteiger partial charge in [-0.15, -0.1) is 0 Å². The molecule has 0 aromatic heterocycles. The average molecular weight is 228 g/mol. The zero-order valence-corrected chi connectivity index (χ0v) is 10.1. The minimum absolute atomic E-state index is 0.305. The normalized spacial score (nSPS) is 21.2. The second kappa shape index (κ2) is 5.30. The van der Waals surface area contributed by atoms with Gasteiger partial charge >= 0.3 is 11.8 Å². The van der Waals surface area contributed by atoms with Crippen LogP contribution in [0.4, 0.5) is 0 Å². The molecule has 0 bridgehead atoms. The number of carbonyl (C=O) groups excluding carboxylic acids is 2. The Kier molecular flexibility index (Phi) is 4.29. The van der Waals surface area contributed by atoms with E-state index >= 15 is 0 Å². The second-order valence-electron chi connectivity index (χ2n) is 4.27. The van der Waals surface area contributed by atoms with Crippen molar-refractivity contribution in [3.05, 3.63) is 0 Å². The predicted molar refractivity (Wildman–Crippen MR) is 59.7 cm³/mol. The fourth-order valence-corrected chi connectivity index (χ4v) is 1.82. The molecule has 0 aromatic carbocycles. The number of hydrogen-bond donors (Lipinski definition) is 1. The van der Waals surface area contributed by atoms with E-state index in [1.807, 2.05) is 6.92 Å². The van der Waals surface area contributed by atoms with E-state index in [9.17, 15) is 14.7 Å². The largest absolute Gasteiger partial charge is 0.391 e. The van der Waals surface area contributed by atoms with Crippen molar-refractivity contribution in [2.45, 2.75) is 39.3 Å². The highest BCUT2D eigenvalue weighted by Crippen LogP contribution is 2.11. The van der Waals surface area contributed by atoms with E-state index in [1.165, 1.54) is 4.90 Å². The molecule has 92 valence electrons. The number of hydrogen-bond acceptors (Lipinski definition) is 3. The Bertz CT molecular complexity index is 278. The molecular weight excluding hydrogens is 208 g/mol. The first-order chi connectivity index (χ1) is 7.49. The minimum Gasteiger partial charge on any atom is -0.391 e. The molecule has 1 aliphatic heterocycles. The Morgan fingerprint density at radius 1 is 1.25 bits per heavy atom. The molecule has 0 radical (unpaired) electrons. The summed E-state index contributed by atoms with van der Waals surface area (Å²) in [6.07, 6.45) is 0.236. The third-order valence-corrected chi connectivity index (χ3v) is 3.03. The third kappa shape index (κ3) is 2.52. The molecule has 0 spiro atoms. The molecule has 0 aliphatic carbocycles. The van der Waals surface area contributed by atoms with Crippen LogP contribution in [0, 0.1) is 0 Å². The molecule has 0 aromatic rings. The first-order valence-electron chi connectivity index (χ1n) is 5.77. The first-order valence-corrected chi connectivity index (χ1v) is 5.77. The first kappa shape index (κ1) is 13.0. The van der Waals surface area contributed by atoms with E-state index in [2.05, 4.69) is 0 Å². The Morgan fingerprint density at radius 3 is 2.38 bits per heavy atom. The molecule has 1 fully saturated rings. The van der Waals surface area contributed by atoms with Gasteiger partial charge < -0.3 is 14.9 Å². The lowest BCUT2D eigenvalue weighted by Gasteiger charge is -2.38. The summed E-state index contributed by atoms with van der Waals surface area (Å²) in [6, 6.07) is -0.305. The number of aliphatic hydroxyl groups is 1. The Hall–Kier alpha value is -1.10. The van der Waals surface area contributed by atoms with Gasteiger partial charge in [0.1, 0.15) is 0 Å². The molecule has 2 atom stereocenters. The summed E-state index contributed by atoms with van der Waals surface area (Å²) in [6.45, 7) is 7.06. The average Bonchev–Trinajstić information content (AvgIpc) is 2.24. The topological polar surface area (TPSA) is 60.9 Å². The molecule has 1 heterocycles. The summed E-state index contributed by atoms with van der Waals surface area (Å²) in [7, 11) is 0. The lowest BCUT2D eigenvalue weighted by Crippen LogP contribution is -2.58. The molecular formula is C11H20N2O3. The second-order valence-corrected chi connectivity index (χ2v) is 4.27. The smallest absolute Gasteiger partial charge is 0.312 e. The minimum atomic E-state index is -0.616. The van der Waals surface area contributed by atoms with Gasteiger partial charge in [-0.3, -0.25) is 9.59 Å². The van der Waals surface area contributed by atoms with Crippen molar-refractivity contribution in [1.29, 1.82) is 0 Å². The number of piperazine rings is 1. The summed E-state index contributed by atoms with van der Waals surface area (Å²) in [5.74, 6) is -0.936. The van der Waals surface area contributed by atoms with Crippen molar-refractivity contribution in [1.82, 2.24) is 9.80 Å². The molecule has 5 nitrogen and oxygen atoms in total. The molecule has 16 heavy (non-hydrogen) atoms. The molecule has 2 amide bonds. The summed E-state index contributed by atoms with van der Waals surface area (Å²) < 4.78 is 0. The van der Waals surface area contributed by atoms with Crippen LogP contribution in [-0.2, 0) is 9.59 Å². The van der Waals surface area contributed by atoms with Gasteiger partial charge in [-0.05, 0) is 20.3 Å². The Labute approximate surface area is 96.0 Å². The van der Waals surface area contributed by atoms with Crippen LogP contribution < -0.4 is 0 Å². The van der Waals surface area contributed by atoms with Gasteiger partial charge in [-0.2, -0.15) is 0 Å². The van der Waals surface area contributed by atoms with Crippen LogP contribution in [0.15, 0.2) is 0 Å².